The maximum absolute atomic E-state index is 12.0. The maximum Gasteiger partial charge on any atom is 0.168 e. The summed E-state index contributed by atoms with van der Waals surface area (Å²) >= 11 is 0. The molecule has 1 aliphatic carbocycles. The van der Waals surface area contributed by atoms with Gasteiger partial charge >= 0.3 is 0 Å². The van der Waals surface area contributed by atoms with Gasteiger partial charge in [-0.1, -0.05) is 13.8 Å². The second-order valence-corrected chi connectivity index (χ2v) is 6.20. The molecule has 1 fully saturated rings. The first-order chi connectivity index (χ1) is 9.78. The number of carbonyl (C=O) groups excluding carboxylic acids is 3. The number of hydrogen-bond acceptors (Lipinski definition) is 4. The predicted octanol–water partition coefficient (Wildman–Crippen LogP) is 3.14. The molecule has 4 nitrogen and oxygen atoms in total. The van der Waals surface area contributed by atoms with Crippen LogP contribution in [-0.2, 0) is 9.59 Å². The number of allylic oxidation sites excluding steroid dienone is 1. The van der Waals surface area contributed by atoms with Gasteiger partial charge in [0.2, 0.25) is 0 Å². The molecule has 21 heavy (non-hydrogen) atoms. The summed E-state index contributed by atoms with van der Waals surface area (Å²) in [6.07, 6.45) is 2.24. The maximum atomic E-state index is 12.0. The molecule has 0 bridgehead atoms. The van der Waals surface area contributed by atoms with Crippen LogP contribution in [0.5, 0.6) is 0 Å². The molecule has 1 aromatic rings. The van der Waals surface area contributed by atoms with Crippen LogP contribution in [0, 0.1) is 5.41 Å². The van der Waals surface area contributed by atoms with Crippen molar-refractivity contribution in [3.05, 3.63) is 41.6 Å². The van der Waals surface area contributed by atoms with E-state index in [0.29, 0.717) is 18.4 Å². The average Bonchev–Trinajstić information content (AvgIpc) is 2.36. The summed E-state index contributed by atoms with van der Waals surface area (Å²) in [5, 5.41) is 2.95. The number of carbonyl (C=O) groups is 3. The number of benzene rings is 1. The van der Waals surface area contributed by atoms with Crippen molar-refractivity contribution >= 4 is 23.0 Å². The Kier molecular flexibility index (Phi) is 4.07. The summed E-state index contributed by atoms with van der Waals surface area (Å²) in [5.41, 5.74) is 1.33. The van der Waals surface area contributed by atoms with Crippen LogP contribution in [0.2, 0.25) is 0 Å². The fourth-order valence-corrected chi connectivity index (χ4v) is 2.40. The molecule has 0 spiro atoms. The van der Waals surface area contributed by atoms with Crippen LogP contribution in [0.4, 0.5) is 5.69 Å². The summed E-state index contributed by atoms with van der Waals surface area (Å²) in [7, 11) is 0. The van der Waals surface area contributed by atoms with Crippen LogP contribution >= 0.6 is 0 Å². The SMILES string of the molecule is CC(=O)c1ccc(NC=C2C(=O)CC(C)(C)CC2=O)cc1. The minimum absolute atomic E-state index is 0.000211. The lowest BCUT2D eigenvalue weighted by Gasteiger charge is -2.28. The van der Waals surface area contributed by atoms with E-state index in [-0.39, 0.29) is 28.3 Å². The summed E-state index contributed by atoms with van der Waals surface area (Å²) in [6, 6.07) is 6.90. The van der Waals surface area contributed by atoms with Gasteiger partial charge < -0.3 is 5.32 Å². The first-order valence-corrected chi connectivity index (χ1v) is 6.93. The van der Waals surface area contributed by atoms with Gasteiger partial charge in [0.05, 0.1) is 5.57 Å². The van der Waals surface area contributed by atoms with Crippen molar-refractivity contribution in [3.8, 4) is 0 Å². The van der Waals surface area contributed by atoms with E-state index in [1.54, 1.807) is 24.3 Å². The Balaban J connectivity index is 2.12. The van der Waals surface area contributed by atoms with E-state index in [1.165, 1.54) is 13.1 Å². The van der Waals surface area contributed by atoms with Crippen molar-refractivity contribution in [1.29, 1.82) is 0 Å². The fraction of sp³-hybridized carbons (Fsp3) is 0.353. The third-order valence-corrected chi connectivity index (χ3v) is 3.55. The smallest absolute Gasteiger partial charge is 0.168 e. The van der Waals surface area contributed by atoms with Crippen LogP contribution in [-0.4, -0.2) is 17.3 Å². The zero-order valence-corrected chi connectivity index (χ0v) is 12.5. The molecule has 0 saturated heterocycles. The number of hydrogen-bond donors (Lipinski definition) is 1. The standard InChI is InChI=1S/C17H19NO3/c1-11(19)12-4-6-13(7-5-12)18-10-14-15(20)8-17(2,3)9-16(14)21/h4-7,10,18H,8-9H2,1-3H3. The molecule has 0 aromatic heterocycles. The molecule has 1 saturated carbocycles. The molecule has 0 atom stereocenters. The Hall–Kier alpha value is -2.23. The van der Waals surface area contributed by atoms with E-state index in [0.717, 1.165) is 5.69 Å². The molecule has 0 amide bonds. The molecular formula is C17H19NO3. The van der Waals surface area contributed by atoms with Gasteiger partial charge in [-0.3, -0.25) is 14.4 Å². The Morgan fingerprint density at radius 2 is 1.62 bits per heavy atom. The molecule has 4 heteroatoms. The van der Waals surface area contributed by atoms with E-state index < -0.39 is 0 Å². The second kappa shape index (κ2) is 5.64. The average molecular weight is 285 g/mol. The number of ketones is 3. The van der Waals surface area contributed by atoms with Crippen molar-refractivity contribution in [1.82, 2.24) is 0 Å². The van der Waals surface area contributed by atoms with Crippen molar-refractivity contribution in [3.63, 3.8) is 0 Å². The van der Waals surface area contributed by atoms with Crippen molar-refractivity contribution < 1.29 is 14.4 Å². The largest absolute Gasteiger partial charge is 0.361 e. The Labute approximate surface area is 124 Å². The zero-order valence-electron chi connectivity index (χ0n) is 12.5. The molecule has 0 radical (unpaired) electrons. The minimum Gasteiger partial charge on any atom is -0.361 e. The number of rotatable bonds is 3. The highest BCUT2D eigenvalue weighted by molar-refractivity contribution is 6.22. The number of nitrogens with one attached hydrogen (secondary N) is 1. The van der Waals surface area contributed by atoms with Gasteiger partial charge in [-0.25, -0.2) is 0 Å². The van der Waals surface area contributed by atoms with Crippen molar-refractivity contribution in [2.75, 3.05) is 5.32 Å². The molecule has 1 N–H and O–H groups in total. The Morgan fingerprint density at radius 1 is 1.10 bits per heavy atom. The van der Waals surface area contributed by atoms with Crippen LogP contribution < -0.4 is 5.32 Å². The Morgan fingerprint density at radius 3 is 2.10 bits per heavy atom. The highest BCUT2D eigenvalue weighted by Crippen LogP contribution is 2.33. The predicted molar refractivity (Wildman–Crippen MR) is 81.2 cm³/mol. The molecular weight excluding hydrogens is 266 g/mol. The van der Waals surface area contributed by atoms with Crippen molar-refractivity contribution in [2.45, 2.75) is 33.6 Å². The molecule has 0 aliphatic heterocycles. The monoisotopic (exact) mass is 285 g/mol. The van der Waals surface area contributed by atoms with Crippen LogP contribution in [0.15, 0.2) is 36.0 Å². The first kappa shape index (κ1) is 15.2. The number of anilines is 1. The molecule has 0 unspecified atom stereocenters. The van der Waals surface area contributed by atoms with E-state index in [4.69, 9.17) is 0 Å². The van der Waals surface area contributed by atoms with E-state index in [1.807, 2.05) is 13.8 Å². The van der Waals surface area contributed by atoms with Gasteiger partial charge in [0, 0.05) is 30.3 Å². The van der Waals surface area contributed by atoms with Gasteiger partial charge in [-0.05, 0) is 36.6 Å². The van der Waals surface area contributed by atoms with E-state index >= 15 is 0 Å². The summed E-state index contributed by atoms with van der Waals surface area (Å²) in [4.78, 5) is 35.2. The summed E-state index contributed by atoms with van der Waals surface area (Å²) < 4.78 is 0. The van der Waals surface area contributed by atoms with Crippen LogP contribution in [0.3, 0.4) is 0 Å². The van der Waals surface area contributed by atoms with Crippen LogP contribution in [0.25, 0.3) is 0 Å². The lowest BCUT2D eigenvalue weighted by Crippen LogP contribution is -2.31. The molecule has 110 valence electrons. The molecule has 0 heterocycles. The highest BCUT2D eigenvalue weighted by atomic mass is 16.2. The Bertz CT molecular complexity index is 602. The number of Topliss-reactive ketones (excluding diaryl/α,β-unsaturated/α-hetero) is 3. The summed E-state index contributed by atoms with van der Waals surface area (Å²) in [6.45, 7) is 5.35. The van der Waals surface area contributed by atoms with E-state index in [9.17, 15) is 14.4 Å². The lowest BCUT2D eigenvalue weighted by atomic mass is 9.74. The van der Waals surface area contributed by atoms with E-state index in [2.05, 4.69) is 5.32 Å². The normalized spacial score (nSPS) is 17.6. The quantitative estimate of drug-likeness (QED) is 0.526. The molecule has 2 rings (SSSR count). The minimum atomic E-state index is -0.255. The van der Waals surface area contributed by atoms with Crippen molar-refractivity contribution in [2.24, 2.45) is 5.41 Å². The first-order valence-electron chi connectivity index (χ1n) is 6.93. The third-order valence-electron chi connectivity index (χ3n) is 3.55. The van der Waals surface area contributed by atoms with Gasteiger partial charge in [0.1, 0.15) is 0 Å². The van der Waals surface area contributed by atoms with Crippen LogP contribution in [0.1, 0.15) is 44.0 Å². The van der Waals surface area contributed by atoms with Gasteiger partial charge in [0.25, 0.3) is 0 Å². The third kappa shape index (κ3) is 3.66. The zero-order chi connectivity index (χ0) is 15.6. The fourth-order valence-electron chi connectivity index (χ4n) is 2.40. The highest BCUT2D eigenvalue weighted by Gasteiger charge is 2.35. The molecule has 1 aliphatic rings. The summed E-state index contributed by atoms with van der Waals surface area (Å²) in [5.74, 6) is -0.243. The second-order valence-electron chi connectivity index (χ2n) is 6.20. The van der Waals surface area contributed by atoms with Gasteiger partial charge in [-0.2, -0.15) is 0 Å². The van der Waals surface area contributed by atoms with Gasteiger partial charge in [-0.15, -0.1) is 0 Å². The lowest BCUT2D eigenvalue weighted by molar-refractivity contribution is -0.127. The topological polar surface area (TPSA) is 63.2 Å². The molecule has 1 aromatic carbocycles. The van der Waals surface area contributed by atoms with Gasteiger partial charge in [0.15, 0.2) is 17.3 Å².